The monoisotopic (exact) mass is 293 g/mol. The van der Waals surface area contributed by atoms with Crippen LogP contribution in [0.4, 0.5) is 4.79 Å². The average Bonchev–Trinajstić information content (AvgIpc) is 2.49. The third-order valence-corrected chi connectivity index (χ3v) is 2.92. The Morgan fingerprint density at radius 1 is 1.29 bits per heavy atom. The molecule has 6 nitrogen and oxygen atoms in total. The Bertz CT molecular complexity index is 474. The SMILES string of the molecule is CC(=O)[C@@H](NC(=O)OCc1ccccc1)[C@H](C)COC=O. The summed E-state index contributed by atoms with van der Waals surface area (Å²) in [6, 6.07) is 8.45. The fourth-order valence-electron chi connectivity index (χ4n) is 1.82. The lowest BCUT2D eigenvalue weighted by molar-refractivity contribution is -0.131. The molecule has 0 aliphatic rings. The lowest BCUT2D eigenvalue weighted by Crippen LogP contribution is -2.45. The topological polar surface area (TPSA) is 81.7 Å². The maximum atomic E-state index is 11.7. The van der Waals surface area contributed by atoms with Crippen LogP contribution in [0.2, 0.25) is 0 Å². The van der Waals surface area contributed by atoms with E-state index in [1.165, 1.54) is 6.92 Å². The molecule has 0 radical (unpaired) electrons. The van der Waals surface area contributed by atoms with Crippen molar-refractivity contribution in [2.75, 3.05) is 6.61 Å². The van der Waals surface area contributed by atoms with E-state index in [1.54, 1.807) is 6.92 Å². The molecule has 0 spiro atoms. The molecule has 1 amide bonds. The van der Waals surface area contributed by atoms with Gasteiger partial charge in [0.2, 0.25) is 0 Å². The predicted octanol–water partition coefficient (Wildman–Crippen LogP) is 1.68. The van der Waals surface area contributed by atoms with E-state index < -0.39 is 12.1 Å². The lowest BCUT2D eigenvalue weighted by atomic mass is 10.00. The van der Waals surface area contributed by atoms with Crippen LogP contribution in [0.25, 0.3) is 0 Å². The molecule has 6 heteroatoms. The molecule has 21 heavy (non-hydrogen) atoms. The molecule has 0 fully saturated rings. The Kier molecular flexibility index (Phi) is 6.94. The standard InChI is InChI=1S/C15H19NO5/c1-11(8-20-10-17)14(12(2)18)16-15(19)21-9-13-6-4-3-5-7-13/h3-7,10-11,14H,8-9H2,1-2H3,(H,16,19)/t11-,14+/m1/s1. The molecule has 1 N–H and O–H groups in total. The summed E-state index contributed by atoms with van der Waals surface area (Å²) in [5.41, 5.74) is 0.851. The summed E-state index contributed by atoms with van der Waals surface area (Å²) in [6.45, 7) is 3.54. The average molecular weight is 293 g/mol. The molecule has 0 saturated carbocycles. The van der Waals surface area contributed by atoms with Gasteiger partial charge in [0.25, 0.3) is 6.47 Å². The van der Waals surface area contributed by atoms with Crippen molar-refractivity contribution < 1.29 is 23.9 Å². The first-order valence-electron chi connectivity index (χ1n) is 6.57. The fourth-order valence-corrected chi connectivity index (χ4v) is 1.82. The van der Waals surface area contributed by atoms with E-state index in [2.05, 4.69) is 10.1 Å². The summed E-state index contributed by atoms with van der Waals surface area (Å²) < 4.78 is 9.66. The molecule has 2 atom stereocenters. The molecule has 0 aliphatic heterocycles. The molecule has 0 aromatic heterocycles. The van der Waals surface area contributed by atoms with Crippen LogP contribution in [0.15, 0.2) is 30.3 Å². The molecule has 0 bridgehead atoms. The summed E-state index contributed by atoms with van der Waals surface area (Å²) in [5.74, 6) is -0.564. The second kappa shape index (κ2) is 8.73. The van der Waals surface area contributed by atoms with Gasteiger partial charge in [-0.2, -0.15) is 0 Å². The zero-order valence-corrected chi connectivity index (χ0v) is 12.1. The molecular weight excluding hydrogens is 274 g/mol. The number of ether oxygens (including phenoxy) is 2. The smallest absolute Gasteiger partial charge is 0.408 e. The number of ketones is 1. The fraction of sp³-hybridized carbons (Fsp3) is 0.400. The van der Waals surface area contributed by atoms with Crippen molar-refractivity contribution in [3.8, 4) is 0 Å². The summed E-state index contributed by atoms with van der Waals surface area (Å²) in [7, 11) is 0. The molecule has 1 aromatic carbocycles. The van der Waals surface area contributed by atoms with Gasteiger partial charge in [-0.1, -0.05) is 37.3 Å². The van der Waals surface area contributed by atoms with E-state index in [0.29, 0.717) is 6.47 Å². The zero-order chi connectivity index (χ0) is 15.7. The summed E-state index contributed by atoms with van der Waals surface area (Å²) >= 11 is 0. The van der Waals surface area contributed by atoms with Crippen molar-refractivity contribution in [2.24, 2.45) is 5.92 Å². The van der Waals surface area contributed by atoms with Crippen LogP contribution in [0.3, 0.4) is 0 Å². The van der Waals surface area contributed by atoms with Gasteiger partial charge in [0.1, 0.15) is 6.61 Å². The van der Waals surface area contributed by atoms with Gasteiger partial charge >= 0.3 is 6.09 Å². The van der Waals surface area contributed by atoms with Crippen molar-refractivity contribution in [3.05, 3.63) is 35.9 Å². The quantitative estimate of drug-likeness (QED) is 0.737. The first kappa shape index (κ1) is 16.7. The van der Waals surface area contributed by atoms with E-state index >= 15 is 0 Å². The highest BCUT2D eigenvalue weighted by Crippen LogP contribution is 2.06. The van der Waals surface area contributed by atoms with Gasteiger partial charge in [0.05, 0.1) is 12.6 Å². The summed E-state index contributed by atoms with van der Waals surface area (Å²) in [6.07, 6.45) is -0.683. The van der Waals surface area contributed by atoms with Crippen LogP contribution in [-0.2, 0) is 25.7 Å². The Balaban J connectivity index is 2.48. The third-order valence-electron chi connectivity index (χ3n) is 2.92. The maximum Gasteiger partial charge on any atom is 0.408 e. The zero-order valence-electron chi connectivity index (χ0n) is 12.1. The summed E-state index contributed by atoms with van der Waals surface area (Å²) in [5, 5.41) is 2.49. The van der Waals surface area contributed by atoms with Gasteiger partial charge in [0.15, 0.2) is 5.78 Å². The third kappa shape index (κ3) is 6.07. The van der Waals surface area contributed by atoms with Crippen molar-refractivity contribution >= 4 is 18.3 Å². The van der Waals surface area contributed by atoms with E-state index in [4.69, 9.17) is 4.74 Å². The molecule has 0 heterocycles. The van der Waals surface area contributed by atoms with Crippen molar-refractivity contribution in [3.63, 3.8) is 0 Å². The van der Waals surface area contributed by atoms with Gasteiger partial charge in [-0.05, 0) is 12.5 Å². The Morgan fingerprint density at radius 3 is 2.52 bits per heavy atom. The van der Waals surface area contributed by atoms with Crippen molar-refractivity contribution in [2.45, 2.75) is 26.5 Å². The minimum Gasteiger partial charge on any atom is -0.468 e. The lowest BCUT2D eigenvalue weighted by Gasteiger charge is -2.21. The first-order valence-corrected chi connectivity index (χ1v) is 6.57. The number of hydrogen-bond donors (Lipinski definition) is 1. The number of amides is 1. The van der Waals surface area contributed by atoms with Crippen LogP contribution in [-0.4, -0.2) is 31.0 Å². The van der Waals surface area contributed by atoms with Gasteiger partial charge in [-0.25, -0.2) is 4.79 Å². The molecule has 0 saturated heterocycles. The van der Waals surface area contributed by atoms with Gasteiger partial charge in [-0.3, -0.25) is 9.59 Å². The highest BCUT2D eigenvalue weighted by Gasteiger charge is 2.24. The molecule has 1 rings (SSSR count). The number of carbonyl (C=O) groups excluding carboxylic acids is 3. The van der Waals surface area contributed by atoms with Crippen LogP contribution >= 0.6 is 0 Å². The number of benzene rings is 1. The first-order chi connectivity index (χ1) is 10.0. The van der Waals surface area contributed by atoms with Gasteiger partial charge in [0, 0.05) is 5.92 Å². The van der Waals surface area contributed by atoms with Gasteiger partial charge in [-0.15, -0.1) is 0 Å². The van der Waals surface area contributed by atoms with Crippen LogP contribution in [0.5, 0.6) is 0 Å². The number of alkyl carbamates (subject to hydrolysis) is 1. The van der Waals surface area contributed by atoms with Crippen LogP contribution in [0.1, 0.15) is 19.4 Å². The van der Waals surface area contributed by atoms with E-state index in [0.717, 1.165) is 5.56 Å². The minimum absolute atomic E-state index is 0.0483. The molecular formula is C15H19NO5. The van der Waals surface area contributed by atoms with Crippen LogP contribution < -0.4 is 5.32 Å². The van der Waals surface area contributed by atoms with Gasteiger partial charge < -0.3 is 14.8 Å². The molecule has 1 aromatic rings. The second-order valence-electron chi connectivity index (χ2n) is 4.70. The number of Topliss-reactive ketones (excluding diaryl/α,β-unsaturated/α-hetero) is 1. The largest absolute Gasteiger partial charge is 0.468 e. The Hall–Kier alpha value is -2.37. The van der Waals surface area contributed by atoms with E-state index in [-0.39, 0.29) is 24.9 Å². The minimum atomic E-state index is -0.756. The normalized spacial score (nSPS) is 12.9. The molecule has 0 aliphatic carbocycles. The highest BCUT2D eigenvalue weighted by atomic mass is 16.5. The summed E-state index contributed by atoms with van der Waals surface area (Å²) in [4.78, 5) is 33.4. The number of nitrogens with one attached hydrogen (secondary N) is 1. The van der Waals surface area contributed by atoms with Crippen LogP contribution in [0, 0.1) is 5.92 Å². The van der Waals surface area contributed by atoms with Crippen molar-refractivity contribution in [1.82, 2.24) is 5.32 Å². The second-order valence-corrected chi connectivity index (χ2v) is 4.70. The van der Waals surface area contributed by atoms with Crippen molar-refractivity contribution in [1.29, 1.82) is 0 Å². The van der Waals surface area contributed by atoms with E-state index in [9.17, 15) is 14.4 Å². The Labute approximate surface area is 123 Å². The number of rotatable bonds is 8. The maximum absolute atomic E-state index is 11.7. The van der Waals surface area contributed by atoms with E-state index in [1.807, 2.05) is 30.3 Å². The number of carbonyl (C=O) groups is 3. The molecule has 114 valence electrons. The highest BCUT2D eigenvalue weighted by molar-refractivity contribution is 5.85. The Morgan fingerprint density at radius 2 is 1.95 bits per heavy atom. The molecule has 0 unspecified atom stereocenters. The predicted molar refractivity (Wildman–Crippen MR) is 75.4 cm³/mol. The number of hydrogen-bond acceptors (Lipinski definition) is 5.